The molecule has 0 atom stereocenters. The molecule has 1 aliphatic rings. The van der Waals surface area contributed by atoms with Crippen LogP contribution >= 0.6 is 0 Å². The normalized spacial score (nSPS) is 13.1. The molecule has 1 aliphatic carbocycles. The van der Waals surface area contributed by atoms with E-state index in [1.165, 1.54) is 36.8 Å². The molecule has 0 saturated heterocycles. The van der Waals surface area contributed by atoms with E-state index in [4.69, 9.17) is 0 Å². The molecule has 2 aromatic rings. The monoisotopic (exact) mass is 457 g/mol. The summed E-state index contributed by atoms with van der Waals surface area (Å²) in [5, 5.41) is 0. The number of rotatable bonds is 1. The van der Waals surface area contributed by atoms with Crippen molar-refractivity contribution in [1.29, 1.82) is 0 Å². The number of benzene rings is 2. The molecular formula is C20H22Pt. The Morgan fingerprint density at radius 2 is 0.714 bits per heavy atom. The summed E-state index contributed by atoms with van der Waals surface area (Å²) >= 11 is 0. The van der Waals surface area contributed by atoms with Gasteiger partial charge in [-0.3, -0.25) is 0 Å². The van der Waals surface area contributed by atoms with E-state index >= 15 is 0 Å². The van der Waals surface area contributed by atoms with Crippen molar-refractivity contribution in [3.63, 3.8) is 0 Å². The molecule has 0 bridgehead atoms. The fourth-order valence-corrected chi connectivity index (χ4v) is 2.12. The van der Waals surface area contributed by atoms with E-state index < -0.39 is 0 Å². The maximum Gasteiger partial charge on any atom is 0 e. The standard InChI is InChI=1S/C12H10.C8H12.Pt/c1-3-7-11(8-4-1)12-9-5-2-6-10-12;1-2-4-6-8-7-5-3-1;/h1-10H;1-2,7-8H,3-6H2;. The fraction of sp³-hybridized carbons (Fsp3) is 0.200. The number of hydrogen-bond donors (Lipinski definition) is 0. The second-order valence-electron chi connectivity index (χ2n) is 4.83. The van der Waals surface area contributed by atoms with Crippen LogP contribution in [0.4, 0.5) is 0 Å². The molecule has 1 heteroatoms. The van der Waals surface area contributed by atoms with Crippen LogP contribution in [-0.4, -0.2) is 0 Å². The minimum atomic E-state index is 0. The van der Waals surface area contributed by atoms with Crippen molar-refractivity contribution in [2.75, 3.05) is 0 Å². The molecule has 112 valence electrons. The first-order valence-corrected chi connectivity index (χ1v) is 7.37. The first-order chi connectivity index (χ1) is 9.97. The molecule has 21 heavy (non-hydrogen) atoms. The van der Waals surface area contributed by atoms with E-state index in [1.807, 2.05) is 12.1 Å². The average Bonchev–Trinajstić information content (AvgIpc) is 2.49. The van der Waals surface area contributed by atoms with Crippen molar-refractivity contribution in [2.45, 2.75) is 25.7 Å². The van der Waals surface area contributed by atoms with Gasteiger partial charge in [-0.25, -0.2) is 0 Å². The van der Waals surface area contributed by atoms with Gasteiger partial charge in [0.2, 0.25) is 0 Å². The van der Waals surface area contributed by atoms with Crippen molar-refractivity contribution in [3.05, 3.63) is 85.0 Å². The van der Waals surface area contributed by atoms with Crippen LogP contribution in [0.25, 0.3) is 11.1 Å². The van der Waals surface area contributed by atoms with Gasteiger partial charge in [-0.15, -0.1) is 0 Å². The van der Waals surface area contributed by atoms with Gasteiger partial charge < -0.3 is 0 Å². The number of allylic oxidation sites excluding steroid dienone is 4. The zero-order valence-corrected chi connectivity index (χ0v) is 14.5. The molecule has 3 rings (SSSR count). The van der Waals surface area contributed by atoms with Gasteiger partial charge in [0.25, 0.3) is 0 Å². The van der Waals surface area contributed by atoms with Gasteiger partial charge in [0, 0.05) is 21.1 Å². The van der Waals surface area contributed by atoms with Gasteiger partial charge in [-0.2, -0.15) is 0 Å². The smallest absolute Gasteiger partial charge is 0 e. The second-order valence-corrected chi connectivity index (χ2v) is 4.83. The zero-order valence-electron chi connectivity index (χ0n) is 12.2. The van der Waals surface area contributed by atoms with E-state index in [0.717, 1.165) is 0 Å². The molecule has 0 saturated carbocycles. The Bertz CT molecular complexity index is 463. The third-order valence-electron chi connectivity index (χ3n) is 3.21. The molecule has 0 radical (unpaired) electrons. The molecular weight excluding hydrogens is 435 g/mol. The van der Waals surface area contributed by atoms with Crippen molar-refractivity contribution < 1.29 is 21.1 Å². The van der Waals surface area contributed by atoms with E-state index in [0.29, 0.717) is 0 Å². The summed E-state index contributed by atoms with van der Waals surface area (Å²) in [5.74, 6) is 0. The maximum atomic E-state index is 2.27. The van der Waals surface area contributed by atoms with Crippen molar-refractivity contribution in [2.24, 2.45) is 0 Å². The summed E-state index contributed by atoms with van der Waals surface area (Å²) in [6.45, 7) is 0. The number of hydrogen-bond acceptors (Lipinski definition) is 0. The van der Waals surface area contributed by atoms with Gasteiger partial charge in [0.05, 0.1) is 0 Å². The van der Waals surface area contributed by atoms with E-state index in [2.05, 4.69) is 72.8 Å². The first-order valence-electron chi connectivity index (χ1n) is 7.37. The van der Waals surface area contributed by atoms with Crippen LogP contribution in [-0.2, 0) is 21.1 Å². The van der Waals surface area contributed by atoms with Crippen LogP contribution in [0.1, 0.15) is 25.7 Å². The van der Waals surface area contributed by atoms with Crippen LogP contribution < -0.4 is 0 Å². The zero-order chi connectivity index (χ0) is 13.9. The Balaban J connectivity index is 0.000000216. The fourth-order valence-electron chi connectivity index (χ4n) is 2.12. The van der Waals surface area contributed by atoms with E-state index in [9.17, 15) is 0 Å². The van der Waals surface area contributed by atoms with Gasteiger partial charge in [-0.05, 0) is 36.8 Å². The molecule has 0 unspecified atom stereocenters. The molecule has 0 aromatic heterocycles. The summed E-state index contributed by atoms with van der Waals surface area (Å²) in [7, 11) is 0. The second kappa shape index (κ2) is 11.3. The molecule has 2 aromatic carbocycles. The molecule has 0 spiro atoms. The first kappa shape index (κ1) is 17.7. The minimum absolute atomic E-state index is 0. The van der Waals surface area contributed by atoms with Crippen LogP contribution in [0.5, 0.6) is 0 Å². The molecule has 0 aliphatic heterocycles. The maximum absolute atomic E-state index is 2.27. The van der Waals surface area contributed by atoms with E-state index in [-0.39, 0.29) is 21.1 Å². The molecule has 0 N–H and O–H groups in total. The van der Waals surface area contributed by atoms with Crippen LogP contribution in [0.2, 0.25) is 0 Å². The predicted molar refractivity (Wildman–Crippen MR) is 88.6 cm³/mol. The Labute approximate surface area is 142 Å². The molecule has 0 amide bonds. The molecule has 0 nitrogen and oxygen atoms in total. The Morgan fingerprint density at radius 3 is 1.00 bits per heavy atom. The Hall–Kier alpha value is -1.39. The van der Waals surface area contributed by atoms with Gasteiger partial charge in [0.1, 0.15) is 0 Å². The van der Waals surface area contributed by atoms with Crippen LogP contribution in [0.3, 0.4) is 0 Å². The predicted octanol–water partition coefficient (Wildman–Crippen LogP) is 6.02. The quantitative estimate of drug-likeness (QED) is 0.459. The van der Waals surface area contributed by atoms with Gasteiger partial charge >= 0.3 is 0 Å². The summed E-state index contributed by atoms with van der Waals surface area (Å²) in [5.41, 5.74) is 2.55. The topological polar surface area (TPSA) is 0 Å². The third kappa shape index (κ3) is 7.25. The summed E-state index contributed by atoms with van der Waals surface area (Å²) in [4.78, 5) is 0. The molecule has 0 fully saturated rings. The van der Waals surface area contributed by atoms with Gasteiger partial charge in [-0.1, -0.05) is 85.0 Å². The Kier molecular flexibility index (Phi) is 9.49. The minimum Gasteiger partial charge on any atom is -0.0882 e. The van der Waals surface area contributed by atoms with Gasteiger partial charge in [0.15, 0.2) is 0 Å². The summed E-state index contributed by atoms with van der Waals surface area (Å²) < 4.78 is 0. The van der Waals surface area contributed by atoms with Crippen molar-refractivity contribution in [3.8, 4) is 11.1 Å². The summed E-state index contributed by atoms with van der Waals surface area (Å²) in [6, 6.07) is 20.8. The third-order valence-corrected chi connectivity index (χ3v) is 3.21. The largest absolute Gasteiger partial charge is 0.0882 e. The van der Waals surface area contributed by atoms with Crippen LogP contribution in [0, 0.1) is 0 Å². The molecule has 0 heterocycles. The SMILES string of the molecule is C1=CCCC=CCC1.[Pt].c1ccc(-c2ccccc2)cc1. The van der Waals surface area contributed by atoms with Crippen molar-refractivity contribution in [1.82, 2.24) is 0 Å². The van der Waals surface area contributed by atoms with Crippen molar-refractivity contribution >= 4 is 0 Å². The van der Waals surface area contributed by atoms with E-state index in [1.54, 1.807) is 0 Å². The Morgan fingerprint density at radius 1 is 0.429 bits per heavy atom. The summed E-state index contributed by atoms with van der Waals surface area (Å²) in [6.07, 6.45) is 14.0. The van der Waals surface area contributed by atoms with Crippen LogP contribution in [0.15, 0.2) is 85.0 Å². The average molecular weight is 457 g/mol.